The van der Waals surface area contributed by atoms with E-state index in [2.05, 4.69) is 0 Å². The van der Waals surface area contributed by atoms with Crippen molar-refractivity contribution in [3.8, 4) is 0 Å². The molecule has 0 spiro atoms. The van der Waals surface area contributed by atoms with Crippen molar-refractivity contribution in [3.63, 3.8) is 0 Å². The normalized spacial score (nSPS) is 37.1. The number of aliphatic hydroxyl groups is 1. The fraction of sp³-hybridized carbons (Fsp3) is 1.00. The molecule has 0 amide bonds. The van der Waals surface area contributed by atoms with E-state index in [1.165, 1.54) is 0 Å². The largest absolute Gasteiger partial charge is 0.390 e. The lowest BCUT2D eigenvalue weighted by atomic mass is 10.1. The molecule has 4 heteroatoms. The third-order valence-electron chi connectivity index (χ3n) is 2.65. The van der Waals surface area contributed by atoms with Gasteiger partial charge in [0.15, 0.2) is 5.79 Å². The van der Waals surface area contributed by atoms with Crippen LogP contribution in [0, 0.1) is 0 Å². The first-order valence-electron chi connectivity index (χ1n) is 5.18. The molecule has 2 rings (SSSR count). The van der Waals surface area contributed by atoms with Crippen molar-refractivity contribution < 1.29 is 19.3 Å². The van der Waals surface area contributed by atoms with Gasteiger partial charge in [-0.2, -0.15) is 0 Å². The van der Waals surface area contributed by atoms with Gasteiger partial charge in [-0.15, -0.1) is 0 Å². The maximum absolute atomic E-state index is 9.80. The van der Waals surface area contributed by atoms with Crippen LogP contribution in [0.4, 0.5) is 0 Å². The van der Waals surface area contributed by atoms with Crippen LogP contribution in [0.15, 0.2) is 0 Å². The fourth-order valence-corrected chi connectivity index (χ4v) is 1.68. The zero-order chi connectivity index (χ0) is 10.2. The van der Waals surface area contributed by atoms with E-state index < -0.39 is 11.9 Å². The third kappa shape index (κ3) is 2.67. The topological polar surface area (TPSA) is 51.2 Å². The van der Waals surface area contributed by atoms with Crippen molar-refractivity contribution in [2.24, 2.45) is 0 Å². The van der Waals surface area contributed by atoms with Crippen molar-refractivity contribution in [1.82, 2.24) is 0 Å². The van der Waals surface area contributed by atoms with Crippen molar-refractivity contribution in [2.45, 2.75) is 50.8 Å². The van der Waals surface area contributed by atoms with Gasteiger partial charge >= 0.3 is 0 Å². The second kappa shape index (κ2) is 3.77. The van der Waals surface area contributed by atoms with Gasteiger partial charge in [0.25, 0.3) is 0 Å². The smallest absolute Gasteiger partial charge is 0.163 e. The molecule has 1 N–H and O–H groups in total. The molecule has 0 saturated carbocycles. The van der Waals surface area contributed by atoms with Gasteiger partial charge < -0.3 is 19.3 Å². The minimum absolute atomic E-state index is 0.177. The molecule has 0 bridgehead atoms. The fourth-order valence-electron chi connectivity index (χ4n) is 1.68. The Morgan fingerprint density at radius 3 is 2.64 bits per heavy atom. The first-order chi connectivity index (χ1) is 6.57. The van der Waals surface area contributed by atoms with Crippen LogP contribution >= 0.6 is 0 Å². The van der Waals surface area contributed by atoms with Crippen LogP contribution in [-0.2, 0) is 14.2 Å². The molecule has 0 aromatic heterocycles. The Kier molecular flexibility index (Phi) is 2.79. The molecule has 3 atom stereocenters. The van der Waals surface area contributed by atoms with Crippen LogP contribution in [0.1, 0.15) is 26.7 Å². The highest BCUT2D eigenvalue weighted by molar-refractivity contribution is 4.79. The van der Waals surface area contributed by atoms with E-state index in [9.17, 15) is 5.11 Å². The Morgan fingerprint density at radius 1 is 1.43 bits per heavy atom. The summed E-state index contributed by atoms with van der Waals surface area (Å²) in [7, 11) is 0. The highest BCUT2D eigenvalue weighted by Crippen LogP contribution is 2.26. The molecule has 0 unspecified atom stereocenters. The van der Waals surface area contributed by atoms with Crippen LogP contribution < -0.4 is 0 Å². The first-order valence-corrected chi connectivity index (χ1v) is 5.18. The maximum Gasteiger partial charge on any atom is 0.163 e. The number of ether oxygens (including phenoxy) is 3. The van der Waals surface area contributed by atoms with E-state index in [1.807, 2.05) is 13.8 Å². The molecule has 0 radical (unpaired) electrons. The van der Waals surface area contributed by atoms with Gasteiger partial charge in [-0.3, -0.25) is 0 Å². The maximum atomic E-state index is 9.80. The zero-order valence-electron chi connectivity index (χ0n) is 8.73. The van der Waals surface area contributed by atoms with Crippen molar-refractivity contribution in [3.05, 3.63) is 0 Å². The second-order valence-corrected chi connectivity index (χ2v) is 4.47. The Hall–Kier alpha value is -0.160. The third-order valence-corrected chi connectivity index (χ3v) is 2.65. The van der Waals surface area contributed by atoms with Crippen LogP contribution in [-0.4, -0.2) is 42.4 Å². The SMILES string of the molecule is CC1(C)OC[C@H]([C@@H](O)CC[C@H]2CO2)O1. The van der Waals surface area contributed by atoms with Gasteiger partial charge in [-0.05, 0) is 26.7 Å². The molecule has 2 aliphatic rings. The summed E-state index contributed by atoms with van der Waals surface area (Å²) in [6.45, 7) is 5.06. The molecule has 4 nitrogen and oxygen atoms in total. The summed E-state index contributed by atoms with van der Waals surface area (Å²) >= 11 is 0. The minimum atomic E-state index is -0.540. The van der Waals surface area contributed by atoms with Crippen molar-refractivity contribution in [1.29, 1.82) is 0 Å². The molecule has 2 aliphatic heterocycles. The lowest BCUT2D eigenvalue weighted by molar-refractivity contribution is -0.151. The molecule has 2 saturated heterocycles. The van der Waals surface area contributed by atoms with Crippen LogP contribution in [0.5, 0.6) is 0 Å². The Morgan fingerprint density at radius 2 is 2.14 bits per heavy atom. The van der Waals surface area contributed by atoms with Crippen molar-refractivity contribution in [2.75, 3.05) is 13.2 Å². The Bertz CT molecular complexity index is 200. The Labute approximate surface area is 84.1 Å². The van der Waals surface area contributed by atoms with Gasteiger partial charge in [0.05, 0.1) is 25.4 Å². The number of hydrogen-bond acceptors (Lipinski definition) is 4. The predicted molar refractivity (Wildman–Crippen MR) is 49.9 cm³/mol. The van der Waals surface area contributed by atoms with Gasteiger partial charge in [-0.25, -0.2) is 0 Å². The van der Waals surface area contributed by atoms with E-state index in [0.29, 0.717) is 12.7 Å². The van der Waals surface area contributed by atoms with Gasteiger partial charge in [0.2, 0.25) is 0 Å². The molecular weight excluding hydrogens is 184 g/mol. The Balaban J connectivity index is 1.71. The first kappa shape index (κ1) is 10.4. The minimum Gasteiger partial charge on any atom is -0.390 e. The summed E-state index contributed by atoms with van der Waals surface area (Å²) in [5, 5.41) is 9.80. The quantitative estimate of drug-likeness (QED) is 0.681. The molecule has 0 aliphatic carbocycles. The van der Waals surface area contributed by atoms with Gasteiger partial charge in [0.1, 0.15) is 6.10 Å². The van der Waals surface area contributed by atoms with Crippen molar-refractivity contribution >= 4 is 0 Å². The van der Waals surface area contributed by atoms with Gasteiger partial charge in [0, 0.05) is 0 Å². The van der Waals surface area contributed by atoms with Gasteiger partial charge in [-0.1, -0.05) is 0 Å². The molecule has 2 heterocycles. The summed E-state index contributed by atoms with van der Waals surface area (Å²) < 4.78 is 16.0. The zero-order valence-corrected chi connectivity index (χ0v) is 8.73. The summed E-state index contributed by atoms with van der Waals surface area (Å²) in [4.78, 5) is 0. The van der Waals surface area contributed by atoms with Crippen LogP contribution in [0.25, 0.3) is 0 Å². The lowest BCUT2D eigenvalue weighted by Crippen LogP contribution is -2.30. The van der Waals surface area contributed by atoms with E-state index in [0.717, 1.165) is 19.4 Å². The molecule has 82 valence electrons. The molecule has 2 fully saturated rings. The standard InChI is InChI=1S/C10H18O4/c1-10(2)13-6-9(14-10)8(11)4-3-7-5-12-7/h7-9,11H,3-6H2,1-2H3/t7-,8-,9+/m0/s1. The summed E-state index contributed by atoms with van der Waals surface area (Å²) in [6.07, 6.45) is 1.42. The summed E-state index contributed by atoms with van der Waals surface area (Å²) in [6, 6.07) is 0. The number of hydrogen-bond donors (Lipinski definition) is 1. The number of epoxide rings is 1. The number of aliphatic hydroxyl groups excluding tert-OH is 1. The highest BCUT2D eigenvalue weighted by Gasteiger charge is 2.37. The number of rotatable bonds is 4. The van der Waals surface area contributed by atoms with Crippen LogP contribution in [0.2, 0.25) is 0 Å². The van der Waals surface area contributed by atoms with E-state index in [4.69, 9.17) is 14.2 Å². The lowest BCUT2D eigenvalue weighted by Gasteiger charge is -2.20. The average molecular weight is 202 g/mol. The molecule has 0 aromatic rings. The second-order valence-electron chi connectivity index (χ2n) is 4.47. The molecule has 14 heavy (non-hydrogen) atoms. The monoisotopic (exact) mass is 202 g/mol. The summed E-state index contributed by atoms with van der Waals surface area (Å²) in [5.74, 6) is -0.540. The predicted octanol–water partition coefficient (Wildman–Crippen LogP) is 0.678. The van der Waals surface area contributed by atoms with E-state index in [1.54, 1.807) is 0 Å². The van der Waals surface area contributed by atoms with E-state index >= 15 is 0 Å². The highest BCUT2D eigenvalue weighted by atomic mass is 16.7. The van der Waals surface area contributed by atoms with Crippen LogP contribution in [0.3, 0.4) is 0 Å². The molecule has 0 aromatic carbocycles. The summed E-state index contributed by atoms with van der Waals surface area (Å²) in [5.41, 5.74) is 0. The van der Waals surface area contributed by atoms with E-state index in [-0.39, 0.29) is 6.10 Å². The molecular formula is C10H18O4. The average Bonchev–Trinajstić information content (AvgIpc) is 2.86.